The molecule has 166 valence electrons. The van der Waals surface area contributed by atoms with Crippen LogP contribution in [0.15, 0.2) is 84.9 Å². The fraction of sp³-hybridized carbons (Fsp3) is 0.286. The third kappa shape index (κ3) is 6.14. The van der Waals surface area contributed by atoms with E-state index in [4.69, 9.17) is 4.74 Å². The summed E-state index contributed by atoms with van der Waals surface area (Å²) < 4.78 is 6.03. The minimum absolute atomic E-state index is 0.171. The molecule has 0 heterocycles. The molecule has 0 bridgehead atoms. The number of carbonyl (C=O) groups excluding carboxylic acids is 2. The zero-order chi connectivity index (χ0) is 22.9. The molecule has 0 fully saturated rings. The smallest absolute Gasteiger partial charge is 0.339 e. The Morgan fingerprint density at radius 2 is 1.38 bits per heavy atom. The number of rotatable bonds is 10. The highest BCUT2D eigenvalue weighted by Gasteiger charge is 2.26. The highest BCUT2D eigenvalue weighted by Crippen LogP contribution is 2.34. The molecular formula is C28H31O3P. The average Bonchev–Trinajstić information content (AvgIpc) is 2.80. The van der Waals surface area contributed by atoms with Crippen LogP contribution in [0.5, 0.6) is 0 Å². The first-order valence-electron chi connectivity index (χ1n) is 11.1. The number of benzene rings is 3. The van der Waals surface area contributed by atoms with E-state index in [-0.39, 0.29) is 23.9 Å². The Morgan fingerprint density at radius 3 is 1.91 bits per heavy atom. The zero-order valence-electron chi connectivity index (χ0n) is 19.0. The van der Waals surface area contributed by atoms with Gasteiger partial charge in [0.05, 0.1) is 5.56 Å². The summed E-state index contributed by atoms with van der Waals surface area (Å²) in [5.74, 6) is 0.0515. The fourth-order valence-corrected chi connectivity index (χ4v) is 6.17. The van der Waals surface area contributed by atoms with Gasteiger partial charge in [-0.2, -0.15) is 0 Å². The van der Waals surface area contributed by atoms with E-state index in [9.17, 15) is 9.59 Å². The molecule has 4 heteroatoms. The van der Waals surface area contributed by atoms with Crippen molar-refractivity contribution in [2.24, 2.45) is 11.8 Å². The van der Waals surface area contributed by atoms with Crippen molar-refractivity contribution in [1.29, 1.82) is 0 Å². The molecule has 0 aromatic heterocycles. The van der Waals surface area contributed by atoms with E-state index < -0.39 is 7.92 Å². The normalized spacial score (nSPS) is 13.0. The minimum atomic E-state index is -0.909. The van der Waals surface area contributed by atoms with Crippen LogP contribution in [0.2, 0.25) is 0 Å². The van der Waals surface area contributed by atoms with Crippen molar-refractivity contribution in [3.63, 3.8) is 0 Å². The maximum atomic E-state index is 13.4. The molecule has 3 aromatic rings. The van der Waals surface area contributed by atoms with E-state index >= 15 is 0 Å². The monoisotopic (exact) mass is 446 g/mol. The molecule has 3 aromatic carbocycles. The van der Waals surface area contributed by atoms with E-state index in [1.807, 2.05) is 67.6 Å². The largest absolute Gasteiger partial charge is 0.458 e. The highest BCUT2D eigenvalue weighted by atomic mass is 31.1. The van der Waals surface area contributed by atoms with Crippen molar-refractivity contribution in [2.45, 2.75) is 39.7 Å². The van der Waals surface area contributed by atoms with Crippen LogP contribution in [0.3, 0.4) is 0 Å². The summed E-state index contributed by atoms with van der Waals surface area (Å²) in [6, 6.07) is 28.5. The lowest BCUT2D eigenvalue weighted by Crippen LogP contribution is -2.30. The quantitative estimate of drug-likeness (QED) is 0.243. The van der Waals surface area contributed by atoms with Crippen LogP contribution in [-0.2, 0) is 9.53 Å². The summed E-state index contributed by atoms with van der Waals surface area (Å²) in [7, 11) is -0.909. The summed E-state index contributed by atoms with van der Waals surface area (Å²) in [5.41, 5.74) is 0.611. The van der Waals surface area contributed by atoms with E-state index in [2.05, 4.69) is 38.1 Å². The molecule has 0 saturated heterocycles. The Kier molecular flexibility index (Phi) is 8.76. The van der Waals surface area contributed by atoms with Gasteiger partial charge in [0.1, 0.15) is 12.4 Å². The number of hydrogen-bond donors (Lipinski definition) is 0. The van der Waals surface area contributed by atoms with Crippen LogP contribution in [-0.4, -0.2) is 18.4 Å². The Morgan fingerprint density at radius 1 is 0.844 bits per heavy atom. The molecule has 0 saturated carbocycles. The predicted molar refractivity (Wildman–Crippen MR) is 134 cm³/mol. The summed E-state index contributed by atoms with van der Waals surface area (Å²) >= 11 is 0. The molecule has 0 radical (unpaired) electrons. The lowest BCUT2D eigenvalue weighted by molar-refractivity contribution is -0.108. The van der Waals surface area contributed by atoms with Gasteiger partial charge in [0.2, 0.25) is 0 Å². The Balaban J connectivity index is 1.97. The molecule has 0 aliphatic carbocycles. The van der Waals surface area contributed by atoms with Gasteiger partial charge < -0.3 is 9.53 Å². The number of carbonyl (C=O) groups is 2. The lowest BCUT2D eigenvalue weighted by Gasteiger charge is -2.26. The first-order valence-corrected chi connectivity index (χ1v) is 12.5. The van der Waals surface area contributed by atoms with Crippen molar-refractivity contribution >= 4 is 36.1 Å². The maximum absolute atomic E-state index is 13.4. The number of aldehydes is 1. The third-order valence-electron chi connectivity index (χ3n) is 5.53. The van der Waals surface area contributed by atoms with E-state index in [0.29, 0.717) is 18.4 Å². The number of hydrogen-bond acceptors (Lipinski definition) is 3. The van der Waals surface area contributed by atoms with Crippen LogP contribution < -0.4 is 15.9 Å². The summed E-state index contributed by atoms with van der Waals surface area (Å²) in [4.78, 5) is 24.3. The second-order valence-corrected chi connectivity index (χ2v) is 10.6. The molecule has 0 aliphatic rings. The van der Waals surface area contributed by atoms with Crippen LogP contribution in [0.25, 0.3) is 0 Å². The molecule has 0 amide bonds. The van der Waals surface area contributed by atoms with E-state index in [1.54, 1.807) is 0 Å². The SMILES string of the molecule is CC(C)[C@H](C[C@H](C)CC=O)OC(=O)c1ccccc1P(c1ccccc1)c1ccccc1. The Hall–Kier alpha value is -2.77. The maximum Gasteiger partial charge on any atom is 0.339 e. The van der Waals surface area contributed by atoms with Crippen LogP contribution in [0, 0.1) is 11.8 Å². The van der Waals surface area contributed by atoms with Crippen molar-refractivity contribution < 1.29 is 14.3 Å². The standard InChI is InChI=1S/C28H31O3P/c1-21(2)26(20-22(3)18-19-29)31-28(30)25-16-10-11-17-27(25)32(23-12-6-4-7-13-23)24-14-8-5-9-15-24/h4-17,19,21-22,26H,18,20H2,1-3H3/t22-,26+/m1/s1. The highest BCUT2D eigenvalue weighted by molar-refractivity contribution is 7.80. The van der Waals surface area contributed by atoms with Gasteiger partial charge in [-0.05, 0) is 48.2 Å². The van der Waals surface area contributed by atoms with Crippen LogP contribution in [0.4, 0.5) is 0 Å². The van der Waals surface area contributed by atoms with Crippen LogP contribution in [0.1, 0.15) is 44.0 Å². The number of esters is 1. The summed E-state index contributed by atoms with van der Waals surface area (Å²) in [6.07, 6.45) is 1.86. The van der Waals surface area contributed by atoms with E-state index in [0.717, 1.165) is 11.6 Å². The van der Waals surface area contributed by atoms with Gasteiger partial charge in [-0.15, -0.1) is 0 Å². The van der Waals surface area contributed by atoms with Gasteiger partial charge in [0.15, 0.2) is 0 Å². The molecule has 32 heavy (non-hydrogen) atoms. The molecular weight excluding hydrogens is 415 g/mol. The molecule has 2 atom stereocenters. The summed E-state index contributed by atoms with van der Waals surface area (Å²) in [5, 5.41) is 3.37. The van der Waals surface area contributed by atoms with Crippen LogP contribution >= 0.6 is 7.92 Å². The Bertz CT molecular complexity index is 962. The molecule has 0 spiro atoms. The molecule has 0 aliphatic heterocycles. The van der Waals surface area contributed by atoms with Gasteiger partial charge in [-0.3, -0.25) is 0 Å². The van der Waals surface area contributed by atoms with Crippen molar-refractivity contribution in [3.05, 3.63) is 90.5 Å². The lowest BCUT2D eigenvalue weighted by atomic mass is 9.94. The first kappa shape index (κ1) is 23.9. The molecule has 3 rings (SSSR count). The van der Waals surface area contributed by atoms with Gasteiger partial charge in [-0.1, -0.05) is 99.6 Å². The second-order valence-electron chi connectivity index (χ2n) is 8.45. The minimum Gasteiger partial charge on any atom is -0.458 e. The van der Waals surface area contributed by atoms with Crippen molar-refractivity contribution in [2.75, 3.05) is 0 Å². The van der Waals surface area contributed by atoms with E-state index in [1.165, 1.54) is 10.6 Å². The zero-order valence-corrected chi connectivity index (χ0v) is 19.9. The van der Waals surface area contributed by atoms with Gasteiger partial charge >= 0.3 is 5.97 Å². The average molecular weight is 447 g/mol. The topological polar surface area (TPSA) is 43.4 Å². The van der Waals surface area contributed by atoms with Gasteiger partial charge in [-0.25, -0.2) is 4.79 Å². The Labute approximate surface area is 192 Å². The fourth-order valence-electron chi connectivity index (χ4n) is 3.74. The van der Waals surface area contributed by atoms with Crippen molar-refractivity contribution in [1.82, 2.24) is 0 Å². The van der Waals surface area contributed by atoms with Crippen molar-refractivity contribution in [3.8, 4) is 0 Å². The first-order chi connectivity index (χ1) is 15.5. The van der Waals surface area contributed by atoms with Gasteiger partial charge in [0, 0.05) is 6.42 Å². The molecule has 0 N–H and O–H groups in total. The predicted octanol–water partition coefficient (Wildman–Crippen LogP) is 5.24. The summed E-state index contributed by atoms with van der Waals surface area (Å²) in [6.45, 7) is 6.13. The second kappa shape index (κ2) is 11.7. The molecule has 0 unspecified atom stereocenters. The third-order valence-corrected chi connectivity index (χ3v) is 8.03. The van der Waals surface area contributed by atoms with Gasteiger partial charge in [0.25, 0.3) is 0 Å². The molecule has 3 nitrogen and oxygen atoms in total. The number of ether oxygens (including phenoxy) is 1.